The molecular weight excluding hydrogens is 216 g/mol. The first-order valence-electron chi connectivity index (χ1n) is 8.63. The van der Waals surface area contributed by atoms with Crippen molar-refractivity contribution < 1.29 is 0 Å². The minimum Gasteiger partial charge on any atom is -0.0654 e. The summed E-state index contributed by atoms with van der Waals surface area (Å²) in [5.41, 5.74) is 0. The second-order valence-electron chi connectivity index (χ2n) is 6.94. The first kappa shape index (κ1) is 16.1. The van der Waals surface area contributed by atoms with Crippen molar-refractivity contribution in [3.8, 4) is 0 Å². The molecule has 0 aromatic carbocycles. The SMILES string of the molecule is CCCCC(C(C)CC)C1CC1CCC(C)CC. The van der Waals surface area contributed by atoms with Crippen molar-refractivity contribution in [2.45, 2.75) is 86.0 Å². The molecule has 5 atom stereocenters. The molecule has 0 heterocycles. The molecule has 108 valence electrons. The predicted octanol–water partition coefficient (Wildman–Crippen LogP) is 6.30. The molecule has 0 spiro atoms. The molecule has 1 aliphatic carbocycles. The topological polar surface area (TPSA) is 0 Å². The molecule has 0 heteroatoms. The molecule has 0 bridgehead atoms. The van der Waals surface area contributed by atoms with Gasteiger partial charge in [0.25, 0.3) is 0 Å². The smallest absolute Gasteiger partial charge is 0.0352 e. The second-order valence-corrected chi connectivity index (χ2v) is 6.94. The van der Waals surface area contributed by atoms with E-state index in [4.69, 9.17) is 0 Å². The fraction of sp³-hybridized carbons (Fsp3) is 1.00. The Bertz CT molecular complexity index is 208. The van der Waals surface area contributed by atoms with Gasteiger partial charge in [-0.2, -0.15) is 0 Å². The average molecular weight is 252 g/mol. The van der Waals surface area contributed by atoms with E-state index in [1.807, 2.05) is 0 Å². The summed E-state index contributed by atoms with van der Waals surface area (Å²) in [6, 6.07) is 0. The van der Waals surface area contributed by atoms with Gasteiger partial charge in [0, 0.05) is 0 Å². The van der Waals surface area contributed by atoms with Gasteiger partial charge in [-0.25, -0.2) is 0 Å². The summed E-state index contributed by atoms with van der Waals surface area (Å²) in [6.07, 6.45) is 11.6. The molecule has 0 N–H and O–H groups in total. The van der Waals surface area contributed by atoms with Gasteiger partial charge in [-0.1, -0.05) is 66.7 Å². The van der Waals surface area contributed by atoms with Crippen LogP contribution >= 0.6 is 0 Å². The highest BCUT2D eigenvalue weighted by Crippen LogP contribution is 2.52. The Hall–Kier alpha value is 0. The van der Waals surface area contributed by atoms with Crippen molar-refractivity contribution in [2.24, 2.45) is 29.6 Å². The van der Waals surface area contributed by atoms with Crippen LogP contribution in [0.25, 0.3) is 0 Å². The van der Waals surface area contributed by atoms with Crippen molar-refractivity contribution in [3.63, 3.8) is 0 Å². The van der Waals surface area contributed by atoms with E-state index >= 15 is 0 Å². The van der Waals surface area contributed by atoms with E-state index in [2.05, 4.69) is 34.6 Å². The zero-order valence-electron chi connectivity index (χ0n) is 13.5. The Labute approximate surface area is 116 Å². The number of rotatable bonds is 10. The van der Waals surface area contributed by atoms with Crippen molar-refractivity contribution in [1.82, 2.24) is 0 Å². The number of unbranched alkanes of at least 4 members (excludes halogenated alkanes) is 1. The van der Waals surface area contributed by atoms with Crippen molar-refractivity contribution >= 4 is 0 Å². The van der Waals surface area contributed by atoms with Crippen molar-refractivity contribution in [2.75, 3.05) is 0 Å². The van der Waals surface area contributed by atoms with Gasteiger partial charge in [-0.15, -0.1) is 0 Å². The molecule has 1 fully saturated rings. The van der Waals surface area contributed by atoms with Gasteiger partial charge in [0.1, 0.15) is 0 Å². The van der Waals surface area contributed by atoms with Crippen LogP contribution in [0.1, 0.15) is 86.0 Å². The predicted molar refractivity (Wildman–Crippen MR) is 82.8 cm³/mol. The van der Waals surface area contributed by atoms with Gasteiger partial charge < -0.3 is 0 Å². The average Bonchev–Trinajstić information content (AvgIpc) is 3.15. The fourth-order valence-electron chi connectivity index (χ4n) is 3.49. The van der Waals surface area contributed by atoms with E-state index in [0.717, 1.165) is 29.6 Å². The lowest BCUT2D eigenvalue weighted by Crippen LogP contribution is -2.14. The molecule has 0 aliphatic heterocycles. The third-order valence-electron chi connectivity index (χ3n) is 5.52. The lowest BCUT2D eigenvalue weighted by atomic mass is 9.82. The maximum Gasteiger partial charge on any atom is -0.0352 e. The fourth-order valence-corrected chi connectivity index (χ4v) is 3.49. The van der Waals surface area contributed by atoms with E-state index in [9.17, 15) is 0 Å². The largest absolute Gasteiger partial charge is 0.0654 e. The van der Waals surface area contributed by atoms with Crippen LogP contribution in [-0.2, 0) is 0 Å². The van der Waals surface area contributed by atoms with Gasteiger partial charge in [0.15, 0.2) is 0 Å². The minimum atomic E-state index is 0.948. The summed E-state index contributed by atoms with van der Waals surface area (Å²) in [6.45, 7) is 11.9. The molecule has 5 unspecified atom stereocenters. The highest BCUT2D eigenvalue weighted by Gasteiger charge is 2.43. The van der Waals surface area contributed by atoms with E-state index in [-0.39, 0.29) is 0 Å². The zero-order chi connectivity index (χ0) is 13.5. The molecule has 0 saturated heterocycles. The van der Waals surface area contributed by atoms with Gasteiger partial charge in [-0.3, -0.25) is 0 Å². The highest BCUT2D eigenvalue weighted by atomic mass is 14.5. The summed E-state index contributed by atoms with van der Waals surface area (Å²) in [7, 11) is 0. The summed E-state index contributed by atoms with van der Waals surface area (Å²) in [5, 5.41) is 0. The maximum atomic E-state index is 2.49. The summed E-state index contributed by atoms with van der Waals surface area (Å²) in [5.74, 6) is 5.13. The van der Waals surface area contributed by atoms with Crippen molar-refractivity contribution in [1.29, 1.82) is 0 Å². The van der Waals surface area contributed by atoms with Gasteiger partial charge in [-0.05, 0) is 48.9 Å². The molecule has 0 aromatic heterocycles. The molecule has 18 heavy (non-hydrogen) atoms. The molecule has 0 amide bonds. The molecule has 1 aliphatic rings. The third kappa shape index (κ3) is 4.94. The van der Waals surface area contributed by atoms with Crippen LogP contribution in [0.4, 0.5) is 0 Å². The van der Waals surface area contributed by atoms with E-state index in [1.165, 1.54) is 44.9 Å². The Morgan fingerprint density at radius 2 is 1.72 bits per heavy atom. The van der Waals surface area contributed by atoms with Gasteiger partial charge in [0.2, 0.25) is 0 Å². The standard InChI is InChI=1S/C18H36/c1-6-9-10-17(15(5)8-3)18-13-16(18)12-11-14(4)7-2/h14-18H,6-13H2,1-5H3. The van der Waals surface area contributed by atoms with Crippen LogP contribution in [0.2, 0.25) is 0 Å². The van der Waals surface area contributed by atoms with Crippen molar-refractivity contribution in [3.05, 3.63) is 0 Å². The van der Waals surface area contributed by atoms with Crippen LogP contribution < -0.4 is 0 Å². The van der Waals surface area contributed by atoms with Crippen LogP contribution in [0.5, 0.6) is 0 Å². The van der Waals surface area contributed by atoms with E-state index in [1.54, 1.807) is 6.42 Å². The van der Waals surface area contributed by atoms with E-state index in [0.29, 0.717) is 0 Å². The molecular formula is C18H36. The first-order valence-corrected chi connectivity index (χ1v) is 8.63. The zero-order valence-corrected chi connectivity index (χ0v) is 13.5. The summed E-state index contributed by atoms with van der Waals surface area (Å²) < 4.78 is 0. The Morgan fingerprint density at radius 3 is 2.28 bits per heavy atom. The third-order valence-corrected chi connectivity index (χ3v) is 5.52. The lowest BCUT2D eigenvalue weighted by Gasteiger charge is -2.23. The maximum absolute atomic E-state index is 2.49. The minimum absolute atomic E-state index is 0.948. The lowest BCUT2D eigenvalue weighted by molar-refractivity contribution is 0.267. The van der Waals surface area contributed by atoms with E-state index < -0.39 is 0 Å². The monoisotopic (exact) mass is 252 g/mol. The second kappa shape index (κ2) is 8.23. The van der Waals surface area contributed by atoms with Crippen LogP contribution in [-0.4, -0.2) is 0 Å². The first-order chi connectivity index (χ1) is 8.63. The Kier molecular flexibility index (Phi) is 7.34. The molecule has 0 aromatic rings. The molecule has 0 nitrogen and oxygen atoms in total. The number of hydrogen-bond donors (Lipinski definition) is 0. The summed E-state index contributed by atoms with van der Waals surface area (Å²) in [4.78, 5) is 0. The summed E-state index contributed by atoms with van der Waals surface area (Å²) >= 11 is 0. The van der Waals surface area contributed by atoms with Crippen LogP contribution in [0, 0.1) is 29.6 Å². The van der Waals surface area contributed by atoms with Gasteiger partial charge >= 0.3 is 0 Å². The highest BCUT2D eigenvalue weighted by molar-refractivity contribution is 4.92. The quantitative estimate of drug-likeness (QED) is 0.428. The molecule has 1 saturated carbocycles. The van der Waals surface area contributed by atoms with Crippen LogP contribution in [0.15, 0.2) is 0 Å². The molecule has 1 rings (SSSR count). The number of hydrogen-bond acceptors (Lipinski definition) is 0. The molecule has 0 radical (unpaired) electrons. The van der Waals surface area contributed by atoms with Gasteiger partial charge in [0.05, 0.1) is 0 Å². The Balaban J connectivity index is 2.32. The normalized spacial score (nSPS) is 27.8. The van der Waals surface area contributed by atoms with Crippen LogP contribution in [0.3, 0.4) is 0 Å². The Morgan fingerprint density at radius 1 is 1.00 bits per heavy atom.